The summed E-state index contributed by atoms with van der Waals surface area (Å²) in [5, 5.41) is 3.29. The summed E-state index contributed by atoms with van der Waals surface area (Å²) >= 11 is 0. The van der Waals surface area contributed by atoms with E-state index in [0.717, 1.165) is 43.1 Å². The van der Waals surface area contributed by atoms with Crippen molar-refractivity contribution in [1.82, 2.24) is 10.2 Å². The standard InChI is InChI=1S/C14H21FN2O/c1-11-3-4-12(9-14(11)18-2)13(10-15)17-7-5-16-6-8-17/h3-4,9,13,16H,5-8,10H2,1-2H3/t13-/m1/s1. The number of alkyl halides is 1. The van der Waals surface area contributed by atoms with Gasteiger partial charge in [0, 0.05) is 26.2 Å². The number of rotatable bonds is 4. The number of nitrogens with zero attached hydrogens (tertiary/aromatic N) is 1. The third-order valence-electron chi connectivity index (χ3n) is 3.56. The topological polar surface area (TPSA) is 24.5 Å². The van der Waals surface area contributed by atoms with E-state index in [0.29, 0.717) is 0 Å². The third kappa shape index (κ3) is 2.82. The van der Waals surface area contributed by atoms with E-state index in [1.165, 1.54) is 0 Å². The molecule has 18 heavy (non-hydrogen) atoms. The lowest BCUT2D eigenvalue weighted by atomic mass is 10.0. The van der Waals surface area contributed by atoms with Crippen LogP contribution in [0.15, 0.2) is 18.2 Å². The molecule has 3 nitrogen and oxygen atoms in total. The lowest BCUT2D eigenvalue weighted by molar-refractivity contribution is 0.147. The highest BCUT2D eigenvalue weighted by Gasteiger charge is 2.22. The zero-order chi connectivity index (χ0) is 13.0. The van der Waals surface area contributed by atoms with E-state index in [1.54, 1.807) is 7.11 Å². The summed E-state index contributed by atoms with van der Waals surface area (Å²) in [5.41, 5.74) is 2.08. The molecule has 0 radical (unpaired) electrons. The van der Waals surface area contributed by atoms with Crippen LogP contribution >= 0.6 is 0 Å². The Morgan fingerprint density at radius 2 is 2.11 bits per heavy atom. The molecule has 0 aliphatic carbocycles. The molecule has 0 unspecified atom stereocenters. The van der Waals surface area contributed by atoms with E-state index >= 15 is 0 Å². The first-order valence-corrected chi connectivity index (χ1v) is 6.41. The summed E-state index contributed by atoms with van der Waals surface area (Å²) in [6.07, 6.45) is 0. The number of halogens is 1. The van der Waals surface area contributed by atoms with Gasteiger partial charge >= 0.3 is 0 Å². The van der Waals surface area contributed by atoms with Crippen LogP contribution in [0.25, 0.3) is 0 Å². The maximum absolute atomic E-state index is 13.4. The second kappa shape index (κ2) is 6.16. The maximum Gasteiger partial charge on any atom is 0.122 e. The van der Waals surface area contributed by atoms with Crippen LogP contribution in [-0.4, -0.2) is 44.9 Å². The average molecular weight is 252 g/mol. The number of piperazine rings is 1. The minimum Gasteiger partial charge on any atom is -0.496 e. The van der Waals surface area contributed by atoms with Gasteiger partial charge in [0.1, 0.15) is 12.4 Å². The Hall–Kier alpha value is -1.13. The van der Waals surface area contributed by atoms with Crippen molar-refractivity contribution < 1.29 is 9.13 Å². The molecule has 0 saturated carbocycles. The van der Waals surface area contributed by atoms with E-state index < -0.39 is 0 Å². The number of aryl methyl sites for hydroxylation is 1. The molecule has 1 N–H and O–H groups in total. The number of hydrogen-bond acceptors (Lipinski definition) is 3. The molecule has 1 saturated heterocycles. The van der Waals surface area contributed by atoms with Crippen molar-refractivity contribution in [1.29, 1.82) is 0 Å². The first-order valence-electron chi connectivity index (χ1n) is 6.41. The molecule has 1 fully saturated rings. The molecule has 1 heterocycles. The molecule has 100 valence electrons. The molecule has 1 aromatic rings. The Labute approximate surface area is 108 Å². The highest BCUT2D eigenvalue weighted by Crippen LogP contribution is 2.27. The maximum atomic E-state index is 13.4. The number of benzene rings is 1. The molecule has 1 aliphatic heterocycles. The summed E-state index contributed by atoms with van der Waals surface area (Å²) in [6.45, 7) is 5.29. The summed E-state index contributed by atoms with van der Waals surface area (Å²) in [5.74, 6) is 0.834. The number of methoxy groups -OCH3 is 1. The van der Waals surface area contributed by atoms with Gasteiger partial charge in [-0.05, 0) is 24.1 Å². The SMILES string of the molecule is COc1cc([C@@H](CF)N2CCNCC2)ccc1C. The van der Waals surface area contributed by atoms with Crippen LogP contribution in [-0.2, 0) is 0 Å². The predicted octanol–water partition coefficient (Wildman–Crippen LogP) is 1.92. The van der Waals surface area contributed by atoms with Gasteiger partial charge < -0.3 is 10.1 Å². The van der Waals surface area contributed by atoms with Gasteiger partial charge in [-0.3, -0.25) is 4.90 Å². The normalized spacial score (nSPS) is 18.6. The second-order valence-corrected chi connectivity index (χ2v) is 4.69. The van der Waals surface area contributed by atoms with Crippen molar-refractivity contribution in [2.75, 3.05) is 40.0 Å². The fourth-order valence-corrected chi connectivity index (χ4v) is 2.44. The fourth-order valence-electron chi connectivity index (χ4n) is 2.44. The molecule has 0 bridgehead atoms. The van der Waals surface area contributed by atoms with Gasteiger partial charge in [0.15, 0.2) is 0 Å². The summed E-state index contributed by atoms with van der Waals surface area (Å²) in [6, 6.07) is 5.81. The lowest BCUT2D eigenvalue weighted by Gasteiger charge is -2.33. The van der Waals surface area contributed by atoms with Crippen LogP contribution in [0.2, 0.25) is 0 Å². The van der Waals surface area contributed by atoms with E-state index in [4.69, 9.17) is 4.74 Å². The van der Waals surface area contributed by atoms with Gasteiger partial charge in [-0.2, -0.15) is 0 Å². The quantitative estimate of drug-likeness (QED) is 0.886. The van der Waals surface area contributed by atoms with E-state index in [-0.39, 0.29) is 12.7 Å². The predicted molar refractivity (Wildman–Crippen MR) is 70.9 cm³/mol. The molecule has 0 spiro atoms. The van der Waals surface area contributed by atoms with Gasteiger partial charge in [0.25, 0.3) is 0 Å². The minimum atomic E-state index is -0.355. The largest absolute Gasteiger partial charge is 0.496 e. The molecule has 0 amide bonds. The van der Waals surface area contributed by atoms with Crippen LogP contribution in [0.5, 0.6) is 5.75 Å². The van der Waals surface area contributed by atoms with Gasteiger partial charge in [-0.15, -0.1) is 0 Å². The Bertz CT molecular complexity index is 391. The molecule has 1 aliphatic rings. The molecule has 1 aromatic carbocycles. The second-order valence-electron chi connectivity index (χ2n) is 4.69. The number of hydrogen-bond donors (Lipinski definition) is 1. The molecule has 2 rings (SSSR count). The smallest absolute Gasteiger partial charge is 0.122 e. The molecular formula is C14H21FN2O. The molecule has 0 aromatic heterocycles. The summed E-state index contributed by atoms with van der Waals surface area (Å²) in [4.78, 5) is 2.20. The molecular weight excluding hydrogens is 231 g/mol. The van der Waals surface area contributed by atoms with Crippen LogP contribution < -0.4 is 10.1 Å². The van der Waals surface area contributed by atoms with Crippen LogP contribution in [0.3, 0.4) is 0 Å². The zero-order valence-corrected chi connectivity index (χ0v) is 11.1. The number of nitrogens with one attached hydrogen (secondary N) is 1. The van der Waals surface area contributed by atoms with Gasteiger partial charge in [-0.25, -0.2) is 4.39 Å². The lowest BCUT2D eigenvalue weighted by Crippen LogP contribution is -2.45. The van der Waals surface area contributed by atoms with Gasteiger partial charge in [-0.1, -0.05) is 12.1 Å². The third-order valence-corrected chi connectivity index (χ3v) is 3.56. The number of ether oxygens (including phenoxy) is 1. The summed E-state index contributed by atoms with van der Waals surface area (Å²) < 4.78 is 18.7. The van der Waals surface area contributed by atoms with Crippen molar-refractivity contribution in [3.63, 3.8) is 0 Å². The highest BCUT2D eigenvalue weighted by atomic mass is 19.1. The van der Waals surface area contributed by atoms with E-state index in [9.17, 15) is 4.39 Å². The van der Waals surface area contributed by atoms with Crippen molar-refractivity contribution in [3.05, 3.63) is 29.3 Å². The van der Waals surface area contributed by atoms with E-state index in [1.807, 2.05) is 25.1 Å². The summed E-state index contributed by atoms with van der Waals surface area (Å²) in [7, 11) is 1.65. The Morgan fingerprint density at radius 3 is 2.72 bits per heavy atom. The van der Waals surface area contributed by atoms with Crippen molar-refractivity contribution in [2.24, 2.45) is 0 Å². The average Bonchev–Trinajstić information content (AvgIpc) is 2.42. The first kappa shape index (κ1) is 13.3. The Balaban J connectivity index is 2.20. The van der Waals surface area contributed by atoms with E-state index in [2.05, 4.69) is 10.2 Å². The fraction of sp³-hybridized carbons (Fsp3) is 0.571. The zero-order valence-electron chi connectivity index (χ0n) is 11.1. The van der Waals surface area contributed by atoms with Gasteiger partial charge in [0.05, 0.1) is 13.2 Å². The van der Waals surface area contributed by atoms with Gasteiger partial charge in [0.2, 0.25) is 0 Å². The van der Waals surface area contributed by atoms with Crippen LogP contribution in [0.4, 0.5) is 4.39 Å². The Kier molecular flexibility index (Phi) is 4.55. The van der Waals surface area contributed by atoms with Crippen LogP contribution in [0, 0.1) is 6.92 Å². The van der Waals surface area contributed by atoms with Crippen molar-refractivity contribution in [3.8, 4) is 5.75 Å². The minimum absolute atomic E-state index is 0.151. The van der Waals surface area contributed by atoms with Crippen LogP contribution in [0.1, 0.15) is 17.2 Å². The van der Waals surface area contributed by atoms with Crippen molar-refractivity contribution >= 4 is 0 Å². The monoisotopic (exact) mass is 252 g/mol. The van der Waals surface area contributed by atoms with Crippen molar-refractivity contribution in [2.45, 2.75) is 13.0 Å². The highest BCUT2D eigenvalue weighted by molar-refractivity contribution is 5.38. The molecule has 4 heteroatoms. The Morgan fingerprint density at radius 1 is 1.39 bits per heavy atom. The molecule has 1 atom stereocenters. The first-order chi connectivity index (χ1) is 8.76.